The second-order valence-corrected chi connectivity index (χ2v) is 6.65. The van der Waals surface area contributed by atoms with Crippen molar-refractivity contribution in [3.8, 4) is 0 Å². The fourth-order valence-corrected chi connectivity index (χ4v) is 3.42. The third-order valence-corrected chi connectivity index (χ3v) is 4.72. The first-order chi connectivity index (χ1) is 13.0. The Balaban J connectivity index is 1.76. The van der Waals surface area contributed by atoms with E-state index < -0.39 is 23.4 Å². The Bertz CT molecular complexity index is 819. The standard InChI is InChI=1S/C20H23N3O4/c1-3-11-20(15-8-5-4-6-9-15)18(25)23(19(26)22-20)13-17(24)21-14(2)16-10-7-12-27-16/h4-10,12,14H,3,11,13H2,1-2H3,(H,21,24)(H,22,26)/t14-,20-/m1/s1. The minimum Gasteiger partial charge on any atom is -0.467 e. The SMILES string of the molecule is CCC[C@]1(c2ccccc2)NC(=O)N(CC(=O)N[C@H](C)c2ccco2)C1=O. The van der Waals surface area contributed by atoms with E-state index in [1.54, 1.807) is 19.1 Å². The Hall–Kier alpha value is -3.09. The zero-order valence-corrected chi connectivity index (χ0v) is 15.4. The maximum atomic E-state index is 13.1. The van der Waals surface area contributed by atoms with Crippen molar-refractivity contribution in [2.45, 2.75) is 38.3 Å². The van der Waals surface area contributed by atoms with Gasteiger partial charge < -0.3 is 15.1 Å². The van der Waals surface area contributed by atoms with Crippen LogP contribution in [0.5, 0.6) is 0 Å². The molecule has 0 saturated carbocycles. The topological polar surface area (TPSA) is 91.7 Å². The number of urea groups is 1. The molecule has 4 amide bonds. The van der Waals surface area contributed by atoms with Crippen LogP contribution in [-0.4, -0.2) is 29.3 Å². The molecule has 1 aliphatic heterocycles. The molecule has 0 radical (unpaired) electrons. The van der Waals surface area contributed by atoms with Gasteiger partial charge in [-0.3, -0.25) is 14.5 Å². The summed E-state index contributed by atoms with van der Waals surface area (Å²) >= 11 is 0. The summed E-state index contributed by atoms with van der Waals surface area (Å²) in [6.07, 6.45) is 2.69. The Labute approximate surface area is 157 Å². The number of carbonyl (C=O) groups is 3. The van der Waals surface area contributed by atoms with E-state index in [-0.39, 0.29) is 12.6 Å². The van der Waals surface area contributed by atoms with Crippen molar-refractivity contribution >= 4 is 17.8 Å². The number of imide groups is 1. The van der Waals surface area contributed by atoms with Crippen molar-refractivity contribution in [2.75, 3.05) is 6.54 Å². The molecule has 2 aromatic rings. The van der Waals surface area contributed by atoms with E-state index in [2.05, 4.69) is 10.6 Å². The van der Waals surface area contributed by atoms with Gasteiger partial charge in [0.15, 0.2) is 0 Å². The number of amides is 4. The summed E-state index contributed by atoms with van der Waals surface area (Å²) in [5.74, 6) is -0.228. The highest BCUT2D eigenvalue weighted by Crippen LogP contribution is 2.33. The molecule has 1 aromatic carbocycles. The monoisotopic (exact) mass is 369 g/mol. The van der Waals surface area contributed by atoms with Crippen LogP contribution in [0.4, 0.5) is 4.79 Å². The molecule has 3 rings (SSSR count). The zero-order chi connectivity index (χ0) is 19.4. The van der Waals surface area contributed by atoms with Crippen LogP contribution in [-0.2, 0) is 15.1 Å². The van der Waals surface area contributed by atoms with E-state index in [4.69, 9.17) is 4.42 Å². The largest absolute Gasteiger partial charge is 0.467 e. The fourth-order valence-electron chi connectivity index (χ4n) is 3.42. The number of furan rings is 1. The number of carbonyl (C=O) groups excluding carboxylic acids is 3. The van der Waals surface area contributed by atoms with Crippen molar-refractivity contribution in [3.05, 3.63) is 60.1 Å². The minimum atomic E-state index is -1.12. The van der Waals surface area contributed by atoms with Gasteiger partial charge in [-0.1, -0.05) is 43.7 Å². The summed E-state index contributed by atoms with van der Waals surface area (Å²) in [5.41, 5.74) is -0.405. The summed E-state index contributed by atoms with van der Waals surface area (Å²) in [6.45, 7) is 3.38. The molecule has 27 heavy (non-hydrogen) atoms. The summed E-state index contributed by atoms with van der Waals surface area (Å²) in [7, 11) is 0. The van der Waals surface area contributed by atoms with Crippen LogP contribution in [0.3, 0.4) is 0 Å². The molecule has 142 valence electrons. The molecule has 2 heterocycles. The van der Waals surface area contributed by atoms with E-state index in [0.29, 0.717) is 18.6 Å². The van der Waals surface area contributed by atoms with Gasteiger partial charge in [-0.2, -0.15) is 0 Å². The summed E-state index contributed by atoms with van der Waals surface area (Å²) < 4.78 is 5.26. The van der Waals surface area contributed by atoms with E-state index in [9.17, 15) is 14.4 Å². The van der Waals surface area contributed by atoms with Gasteiger partial charge in [-0.25, -0.2) is 4.79 Å². The fraction of sp³-hybridized carbons (Fsp3) is 0.350. The summed E-state index contributed by atoms with van der Waals surface area (Å²) in [5, 5.41) is 5.55. The first kappa shape index (κ1) is 18.7. The second-order valence-electron chi connectivity index (χ2n) is 6.65. The lowest BCUT2D eigenvalue weighted by Crippen LogP contribution is -2.45. The molecule has 0 bridgehead atoms. The highest BCUT2D eigenvalue weighted by atomic mass is 16.3. The van der Waals surface area contributed by atoms with Crippen LogP contribution in [0.25, 0.3) is 0 Å². The van der Waals surface area contributed by atoms with Gasteiger partial charge in [0.05, 0.1) is 12.3 Å². The minimum absolute atomic E-state index is 0.339. The Morgan fingerprint density at radius 2 is 1.96 bits per heavy atom. The predicted octanol–water partition coefficient (Wildman–Crippen LogP) is 2.70. The number of nitrogens with zero attached hydrogens (tertiary/aromatic N) is 1. The van der Waals surface area contributed by atoms with Gasteiger partial charge in [0.1, 0.15) is 17.8 Å². The molecule has 2 atom stereocenters. The van der Waals surface area contributed by atoms with Crippen molar-refractivity contribution in [2.24, 2.45) is 0 Å². The van der Waals surface area contributed by atoms with Gasteiger partial charge in [0.2, 0.25) is 5.91 Å². The molecule has 0 unspecified atom stereocenters. The smallest absolute Gasteiger partial charge is 0.325 e. The maximum absolute atomic E-state index is 13.1. The lowest BCUT2D eigenvalue weighted by Gasteiger charge is -2.27. The maximum Gasteiger partial charge on any atom is 0.325 e. The molecule has 1 saturated heterocycles. The average Bonchev–Trinajstić information content (AvgIpc) is 3.27. The molecule has 0 aliphatic carbocycles. The lowest BCUT2D eigenvalue weighted by molar-refractivity contribution is -0.135. The van der Waals surface area contributed by atoms with Gasteiger partial charge >= 0.3 is 6.03 Å². The Kier molecular flexibility index (Phi) is 5.30. The van der Waals surface area contributed by atoms with Crippen LogP contribution in [0, 0.1) is 0 Å². The highest BCUT2D eigenvalue weighted by molar-refractivity contribution is 6.09. The predicted molar refractivity (Wildman–Crippen MR) is 98.5 cm³/mol. The third kappa shape index (κ3) is 3.58. The van der Waals surface area contributed by atoms with Crippen LogP contribution in [0.1, 0.15) is 44.1 Å². The van der Waals surface area contributed by atoms with Crippen molar-refractivity contribution in [3.63, 3.8) is 0 Å². The molecule has 1 aliphatic rings. The van der Waals surface area contributed by atoms with Crippen molar-refractivity contribution in [1.82, 2.24) is 15.5 Å². The second kappa shape index (κ2) is 7.65. The molecule has 1 aromatic heterocycles. The van der Waals surface area contributed by atoms with E-state index in [1.807, 2.05) is 37.3 Å². The molecule has 2 N–H and O–H groups in total. The number of hydrogen-bond donors (Lipinski definition) is 2. The quantitative estimate of drug-likeness (QED) is 0.734. The summed E-state index contributed by atoms with van der Waals surface area (Å²) in [6, 6.07) is 11.7. The Morgan fingerprint density at radius 1 is 1.22 bits per heavy atom. The zero-order valence-electron chi connectivity index (χ0n) is 15.4. The normalized spacial score (nSPS) is 20.4. The average molecular weight is 369 g/mol. The first-order valence-electron chi connectivity index (χ1n) is 9.00. The number of hydrogen-bond acceptors (Lipinski definition) is 4. The molecule has 7 nitrogen and oxygen atoms in total. The van der Waals surface area contributed by atoms with Crippen molar-refractivity contribution in [1.29, 1.82) is 0 Å². The third-order valence-electron chi connectivity index (χ3n) is 4.72. The number of rotatable bonds is 7. The van der Waals surface area contributed by atoms with E-state index in [0.717, 1.165) is 10.5 Å². The van der Waals surface area contributed by atoms with Crippen LogP contribution in [0.15, 0.2) is 53.1 Å². The van der Waals surface area contributed by atoms with Gasteiger partial charge in [-0.15, -0.1) is 0 Å². The highest BCUT2D eigenvalue weighted by Gasteiger charge is 2.52. The molecular formula is C20H23N3O4. The number of nitrogens with one attached hydrogen (secondary N) is 2. The van der Waals surface area contributed by atoms with Crippen LogP contribution in [0.2, 0.25) is 0 Å². The lowest BCUT2D eigenvalue weighted by atomic mass is 9.85. The van der Waals surface area contributed by atoms with Crippen molar-refractivity contribution < 1.29 is 18.8 Å². The van der Waals surface area contributed by atoms with Gasteiger partial charge in [0.25, 0.3) is 5.91 Å². The molecule has 1 fully saturated rings. The summed E-state index contributed by atoms with van der Waals surface area (Å²) in [4.78, 5) is 39.0. The van der Waals surface area contributed by atoms with Gasteiger partial charge in [0, 0.05) is 0 Å². The molecule has 0 spiro atoms. The Morgan fingerprint density at radius 3 is 2.59 bits per heavy atom. The number of benzene rings is 1. The molecule has 7 heteroatoms. The van der Waals surface area contributed by atoms with E-state index >= 15 is 0 Å². The van der Waals surface area contributed by atoms with Crippen LogP contribution < -0.4 is 10.6 Å². The van der Waals surface area contributed by atoms with Crippen LogP contribution >= 0.6 is 0 Å². The van der Waals surface area contributed by atoms with E-state index in [1.165, 1.54) is 6.26 Å². The van der Waals surface area contributed by atoms with Gasteiger partial charge in [-0.05, 0) is 31.0 Å². The molecular weight excluding hydrogens is 346 g/mol. The first-order valence-corrected chi connectivity index (χ1v) is 9.00.